The monoisotopic (exact) mass is 355 g/mol. The number of aryl methyl sites for hydroxylation is 2. The number of fused-ring (bicyclic) bond motifs is 2. The van der Waals surface area contributed by atoms with Crippen LogP contribution in [0.3, 0.4) is 0 Å². The first-order chi connectivity index (χ1) is 12.1. The lowest BCUT2D eigenvalue weighted by molar-refractivity contribution is -0.129. The molecule has 2 heterocycles. The van der Waals surface area contributed by atoms with Gasteiger partial charge in [0.1, 0.15) is 6.61 Å². The summed E-state index contributed by atoms with van der Waals surface area (Å²) in [6.45, 7) is 4.27. The Morgan fingerprint density at radius 2 is 2.00 bits per heavy atom. The maximum Gasteiger partial charge on any atom is 0.283 e. The largest absolute Gasteiger partial charge is 0.485 e. The molecule has 0 fully saturated rings. The molecule has 2 aromatic carbocycles. The molecule has 0 saturated carbocycles. The predicted molar refractivity (Wildman–Crippen MR) is 97.2 cm³/mol. The number of rotatable bonds is 3. The lowest BCUT2D eigenvalue weighted by atomic mass is 10.1. The Labute approximate surface area is 148 Å². The van der Waals surface area contributed by atoms with Crippen molar-refractivity contribution >= 4 is 32.6 Å². The second-order valence-corrected chi connectivity index (χ2v) is 6.88. The Bertz CT molecular complexity index is 954. The minimum Gasteiger partial charge on any atom is -0.485 e. The summed E-state index contributed by atoms with van der Waals surface area (Å²) in [6.07, 6.45) is -0.708. The van der Waals surface area contributed by atoms with Crippen molar-refractivity contribution in [2.24, 2.45) is 0 Å². The summed E-state index contributed by atoms with van der Waals surface area (Å²) in [5, 5.41) is 0.633. The van der Waals surface area contributed by atoms with Gasteiger partial charge in [0.2, 0.25) is 11.2 Å². The Kier molecular flexibility index (Phi) is 3.93. The number of para-hydroxylation sites is 2. The summed E-state index contributed by atoms with van der Waals surface area (Å²) in [4.78, 5) is 16.9. The number of hydrogen-bond donors (Lipinski definition) is 2. The Hall–Kier alpha value is -2.80. The van der Waals surface area contributed by atoms with Crippen LogP contribution >= 0.6 is 11.3 Å². The standard InChI is InChI=1S/C18H17N3O3S/c1-10-7-8-15-16(11(10)2)19-18(25-15)21-20-17(22)14-9-23-12-5-3-4-6-13(12)24-14/h3-8,14H,9H2,1-2H3,(H,19,21)(H,20,22)/t14-/m0/s1. The number of nitrogens with zero attached hydrogens (tertiary/aromatic N) is 1. The molecule has 6 nitrogen and oxygen atoms in total. The fourth-order valence-electron chi connectivity index (χ4n) is 2.62. The summed E-state index contributed by atoms with van der Waals surface area (Å²) in [7, 11) is 0. The number of hydrogen-bond acceptors (Lipinski definition) is 6. The minimum absolute atomic E-state index is 0.169. The van der Waals surface area contributed by atoms with E-state index in [-0.39, 0.29) is 12.5 Å². The molecular weight excluding hydrogens is 338 g/mol. The van der Waals surface area contributed by atoms with Crippen LogP contribution in [0.15, 0.2) is 36.4 Å². The van der Waals surface area contributed by atoms with Crippen LogP contribution in [0.1, 0.15) is 11.1 Å². The Morgan fingerprint density at radius 1 is 1.20 bits per heavy atom. The van der Waals surface area contributed by atoms with Gasteiger partial charge in [-0.05, 0) is 43.2 Å². The fourth-order valence-corrected chi connectivity index (χ4v) is 3.50. The van der Waals surface area contributed by atoms with Crippen molar-refractivity contribution in [1.29, 1.82) is 0 Å². The molecule has 1 amide bonds. The minimum atomic E-state index is -0.708. The zero-order chi connectivity index (χ0) is 17.4. The third-order valence-electron chi connectivity index (χ3n) is 4.18. The van der Waals surface area contributed by atoms with Gasteiger partial charge in [-0.3, -0.25) is 15.6 Å². The van der Waals surface area contributed by atoms with Crippen molar-refractivity contribution in [3.05, 3.63) is 47.5 Å². The van der Waals surface area contributed by atoms with Gasteiger partial charge in [-0.2, -0.15) is 0 Å². The maximum atomic E-state index is 12.3. The lowest BCUT2D eigenvalue weighted by Crippen LogP contribution is -2.45. The van der Waals surface area contributed by atoms with E-state index in [1.807, 2.05) is 31.2 Å². The van der Waals surface area contributed by atoms with Gasteiger partial charge < -0.3 is 9.47 Å². The maximum absolute atomic E-state index is 12.3. The molecule has 0 spiro atoms. The summed E-state index contributed by atoms with van der Waals surface area (Å²) >= 11 is 1.49. The fraction of sp³-hybridized carbons (Fsp3) is 0.222. The molecule has 0 bridgehead atoms. The van der Waals surface area contributed by atoms with E-state index in [0.717, 1.165) is 15.8 Å². The number of benzene rings is 2. The number of amides is 1. The number of carbonyl (C=O) groups excluding carboxylic acids is 1. The third-order valence-corrected chi connectivity index (χ3v) is 5.11. The number of nitrogens with one attached hydrogen (secondary N) is 2. The van der Waals surface area contributed by atoms with E-state index >= 15 is 0 Å². The highest BCUT2D eigenvalue weighted by atomic mass is 32.1. The quantitative estimate of drug-likeness (QED) is 0.706. The highest BCUT2D eigenvalue weighted by Gasteiger charge is 2.27. The van der Waals surface area contributed by atoms with Crippen molar-refractivity contribution in [1.82, 2.24) is 10.4 Å². The van der Waals surface area contributed by atoms with Gasteiger partial charge in [-0.15, -0.1) is 0 Å². The first kappa shape index (κ1) is 15.7. The summed E-state index contributed by atoms with van der Waals surface area (Å²) in [5.74, 6) is 0.915. The number of ether oxygens (including phenoxy) is 2. The van der Waals surface area contributed by atoms with Crippen molar-refractivity contribution in [3.63, 3.8) is 0 Å². The molecular formula is C18H17N3O3S. The Morgan fingerprint density at radius 3 is 2.84 bits per heavy atom. The number of anilines is 1. The number of aromatic nitrogens is 1. The van der Waals surface area contributed by atoms with Crippen LogP contribution in [0, 0.1) is 13.8 Å². The molecule has 128 valence electrons. The summed E-state index contributed by atoms with van der Waals surface area (Å²) in [5.41, 5.74) is 8.82. The average molecular weight is 355 g/mol. The van der Waals surface area contributed by atoms with Crippen molar-refractivity contribution < 1.29 is 14.3 Å². The van der Waals surface area contributed by atoms with E-state index in [4.69, 9.17) is 9.47 Å². The van der Waals surface area contributed by atoms with E-state index in [1.54, 1.807) is 6.07 Å². The second-order valence-electron chi connectivity index (χ2n) is 5.85. The van der Waals surface area contributed by atoms with Crippen LogP contribution in [0.25, 0.3) is 10.2 Å². The molecule has 7 heteroatoms. The molecule has 0 saturated heterocycles. The molecule has 1 aromatic heterocycles. The first-order valence-electron chi connectivity index (χ1n) is 7.93. The van der Waals surface area contributed by atoms with E-state index in [2.05, 4.69) is 28.8 Å². The molecule has 0 radical (unpaired) electrons. The van der Waals surface area contributed by atoms with Crippen molar-refractivity contribution in [2.45, 2.75) is 20.0 Å². The van der Waals surface area contributed by atoms with Gasteiger partial charge in [0.05, 0.1) is 10.2 Å². The van der Waals surface area contributed by atoms with Crippen molar-refractivity contribution in [3.8, 4) is 11.5 Å². The lowest BCUT2D eigenvalue weighted by Gasteiger charge is -2.25. The topological polar surface area (TPSA) is 72.5 Å². The van der Waals surface area contributed by atoms with Crippen LogP contribution < -0.4 is 20.3 Å². The van der Waals surface area contributed by atoms with Gasteiger partial charge in [0, 0.05) is 0 Å². The van der Waals surface area contributed by atoms with E-state index < -0.39 is 6.10 Å². The van der Waals surface area contributed by atoms with Crippen molar-refractivity contribution in [2.75, 3.05) is 12.0 Å². The normalized spacial score (nSPS) is 15.8. The molecule has 2 N–H and O–H groups in total. The molecule has 1 atom stereocenters. The Balaban J connectivity index is 1.43. The van der Waals surface area contributed by atoms with Gasteiger partial charge in [0.25, 0.3) is 5.91 Å². The van der Waals surface area contributed by atoms with Crippen LogP contribution in [0.5, 0.6) is 11.5 Å². The van der Waals surface area contributed by atoms with Crippen LogP contribution in [-0.4, -0.2) is 23.6 Å². The van der Waals surface area contributed by atoms with Gasteiger partial charge >= 0.3 is 0 Å². The number of hydrazine groups is 1. The molecule has 1 aliphatic rings. The van der Waals surface area contributed by atoms with E-state index in [9.17, 15) is 4.79 Å². The highest BCUT2D eigenvalue weighted by molar-refractivity contribution is 7.22. The smallest absolute Gasteiger partial charge is 0.283 e. The number of thiazole rings is 1. The molecule has 0 unspecified atom stereocenters. The van der Waals surface area contributed by atoms with Gasteiger partial charge in [-0.25, -0.2) is 4.98 Å². The summed E-state index contributed by atoms with van der Waals surface area (Å²) in [6, 6.07) is 11.4. The van der Waals surface area contributed by atoms with Gasteiger partial charge in [0.15, 0.2) is 11.5 Å². The zero-order valence-electron chi connectivity index (χ0n) is 13.8. The first-order valence-corrected chi connectivity index (χ1v) is 8.74. The molecule has 25 heavy (non-hydrogen) atoms. The van der Waals surface area contributed by atoms with Crippen LogP contribution in [-0.2, 0) is 4.79 Å². The summed E-state index contributed by atoms with van der Waals surface area (Å²) < 4.78 is 12.3. The second kappa shape index (κ2) is 6.25. The highest BCUT2D eigenvalue weighted by Crippen LogP contribution is 2.31. The zero-order valence-corrected chi connectivity index (χ0v) is 14.6. The van der Waals surface area contributed by atoms with Crippen LogP contribution in [0.4, 0.5) is 5.13 Å². The van der Waals surface area contributed by atoms with Crippen LogP contribution in [0.2, 0.25) is 0 Å². The van der Waals surface area contributed by atoms with Gasteiger partial charge in [-0.1, -0.05) is 29.5 Å². The molecule has 0 aliphatic carbocycles. The third kappa shape index (κ3) is 2.98. The number of carbonyl (C=O) groups is 1. The SMILES string of the molecule is Cc1ccc2sc(NNC(=O)[C@@H]3COc4ccccc4O3)nc2c1C. The molecule has 4 rings (SSSR count). The average Bonchev–Trinajstić information content (AvgIpc) is 3.06. The van der Waals surface area contributed by atoms with E-state index in [1.165, 1.54) is 16.9 Å². The predicted octanol–water partition coefficient (Wildman–Crippen LogP) is 3.20. The van der Waals surface area contributed by atoms with E-state index in [0.29, 0.717) is 16.6 Å². The molecule has 1 aliphatic heterocycles. The molecule has 3 aromatic rings.